The predicted molar refractivity (Wildman–Crippen MR) is 29.5 cm³/mol. The second kappa shape index (κ2) is 1.78. The molecule has 0 aliphatic rings. The second-order valence-electron chi connectivity index (χ2n) is 1.56. The summed E-state index contributed by atoms with van der Waals surface area (Å²) in [6, 6.07) is 1.42. The highest BCUT2D eigenvalue weighted by Gasteiger charge is 1.77. The average molecular weight is 110 g/mol. The van der Waals surface area contributed by atoms with Crippen LogP contribution in [0.4, 0.5) is 0 Å². The molecule has 1 heterocycles. The third-order valence-corrected chi connectivity index (χ3v) is 0.819. The number of aromatic nitrogens is 2. The monoisotopic (exact) mass is 110 g/mol. The van der Waals surface area contributed by atoms with E-state index in [1.165, 1.54) is 12.4 Å². The van der Waals surface area contributed by atoms with Gasteiger partial charge in [0, 0.05) is 19.3 Å². The highest BCUT2D eigenvalue weighted by molar-refractivity contribution is 4.79. The van der Waals surface area contributed by atoms with Crippen LogP contribution in [0.5, 0.6) is 0 Å². The van der Waals surface area contributed by atoms with E-state index in [0.717, 1.165) is 0 Å². The largest absolute Gasteiger partial charge is 0.342 e. The molecule has 8 heavy (non-hydrogen) atoms. The molecule has 0 unspecified atom stereocenters. The van der Waals surface area contributed by atoms with Crippen LogP contribution in [0.25, 0.3) is 0 Å². The van der Waals surface area contributed by atoms with Gasteiger partial charge in [-0.2, -0.15) is 4.98 Å². The minimum atomic E-state index is -0.192. The number of rotatable bonds is 0. The van der Waals surface area contributed by atoms with Crippen LogP contribution < -0.4 is 5.56 Å². The Hall–Kier alpha value is -1.12. The van der Waals surface area contributed by atoms with E-state index in [4.69, 9.17) is 0 Å². The molecule has 1 aromatic rings. The van der Waals surface area contributed by atoms with Gasteiger partial charge < -0.3 is 4.57 Å². The van der Waals surface area contributed by atoms with Gasteiger partial charge in [0.25, 0.3) is 5.56 Å². The van der Waals surface area contributed by atoms with Crippen LogP contribution >= 0.6 is 0 Å². The molecule has 3 heteroatoms. The van der Waals surface area contributed by atoms with Crippen molar-refractivity contribution in [3.8, 4) is 0 Å². The lowest BCUT2D eigenvalue weighted by molar-refractivity contribution is 0.853. The van der Waals surface area contributed by atoms with Gasteiger partial charge in [0.05, 0.1) is 6.33 Å². The van der Waals surface area contributed by atoms with Crippen molar-refractivity contribution in [2.24, 2.45) is 7.05 Å². The fourth-order valence-corrected chi connectivity index (χ4v) is 0.411. The van der Waals surface area contributed by atoms with Crippen LogP contribution in [0.15, 0.2) is 23.4 Å². The molecule has 0 aromatic carbocycles. The molecule has 0 aliphatic carbocycles. The summed E-state index contributed by atoms with van der Waals surface area (Å²) in [6.45, 7) is 0. The minimum absolute atomic E-state index is 0.192. The van der Waals surface area contributed by atoms with Crippen LogP contribution in [0.3, 0.4) is 0 Å². The van der Waals surface area contributed by atoms with E-state index >= 15 is 0 Å². The summed E-state index contributed by atoms with van der Waals surface area (Å²) in [5.74, 6) is 0. The van der Waals surface area contributed by atoms with Gasteiger partial charge in [0.1, 0.15) is 0 Å². The molecule has 0 radical (unpaired) electrons. The van der Waals surface area contributed by atoms with Crippen LogP contribution in [0.1, 0.15) is 0 Å². The first-order chi connectivity index (χ1) is 3.79. The second-order valence-corrected chi connectivity index (χ2v) is 1.56. The topological polar surface area (TPSA) is 34.9 Å². The highest BCUT2D eigenvalue weighted by Crippen LogP contribution is 1.68. The van der Waals surface area contributed by atoms with E-state index in [2.05, 4.69) is 4.98 Å². The third-order valence-electron chi connectivity index (χ3n) is 0.819. The van der Waals surface area contributed by atoms with Crippen LogP contribution in [0, 0.1) is 0 Å². The Morgan fingerprint density at radius 3 is 2.88 bits per heavy atom. The average Bonchev–Trinajstić information content (AvgIpc) is 1.77. The maximum absolute atomic E-state index is 10.3. The van der Waals surface area contributed by atoms with Crippen molar-refractivity contribution in [2.75, 3.05) is 0 Å². The van der Waals surface area contributed by atoms with Gasteiger partial charge >= 0.3 is 0 Å². The van der Waals surface area contributed by atoms with Crippen molar-refractivity contribution < 1.29 is 0 Å². The summed E-state index contributed by atoms with van der Waals surface area (Å²) in [5.41, 5.74) is -0.192. The summed E-state index contributed by atoms with van der Waals surface area (Å²) >= 11 is 0. The first-order valence-electron chi connectivity index (χ1n) is 2.27. The van der Waals surface area contributed by atoms with Crippen LogP contribution in [-0.4, -0.2) is 9.55 Å². The zero-order valence-corrected chi connectivity index (χ0v) is 4.53. The zero-order valence-electron chi connectivity index (χ0n) is 4.53. The van der Waals surface area contributed by atoms with Crippen molar-refractivity contribution in [2.45, 2.75) is 0 Å². The standard InChI is InChI=1S/C5H6N2O/c1-7-3-2-5(8)6-4-7/h2-4H,1H3. The highest BCUT2D eigenvalue weighted by atomic mass is 16.1. The smallest absolute Gasteiger partial charge is 0.272 e. The fraction of sp³-hybridized carbons (Fsp3) is 0.200. The Kier molecular flexibility index (Phi) is 1.12. The van der Waals surface area contributed by atoms with Gasteiger partial charge in [-0.3, -0.25) is 4.79 Å². The van der Waals surface area contributed by atoms with Gasteiger partial charge in [-0.1, -0.05) is 0 Å². The van der Waals surface area contributed by atoms with Crippen LogP contribution in [-0.2, 0) is 7.05 Å². The molecule has 42 valence electrons. The van der Waals surface area contributed by atoms with E-state index in [0.29, 0.717) is 0 Å². The molecule has 0 bridgehead atoms. The number of hydrogen-bond acceptors (Lipinski definition) is 2. The van der Waals surface area contributed by atoms with E-state index in [1.54, 1.807) is 10.8 Å². The number of hydrogen-bond donors (Lipinski definition) is 0. The summed E-state index contributed by atoms with van der Waals surface area (Å²) in [6.07, 6.45) is 3.14. The van der Waals surface area contributed by atoms with Gasteiger partial charge in [0.2, 0.25) is 0 Å². The lowest BCUT2D eigenvalue weighted by atomic mass is 10.6. The molecular formula is C5H6N2O. The lowest BCUT2D eigenvalue weighted by Crippen LogP contribution is -2.05. The van der Waals surface area contributed by atoms with Crippen molar-refractivity contribution in [1.82, 2.24) is 9.55 Å². The third kappa shape index (κ3) is 0.932. The Balaban J connectivity index is 3.22. The molecule has 0 N–H and O–H groups in total. The first-order valence-corrected chi connectivity index (χ1v) is 2.27. The van der Waals surface area contributed by atoms with Crippen LogP contribution in [0.2, 0.25) is 0 Å². The van der Waals surface area contributed by atoms with Crippen molar-refractivity contribution in [1.29, 1.82) is 0 Å². The lowest BCUT2D eigenvalue weighted by Gasteiger charge is -1.88. The Morgan fingerprint density at radius 1 is 1.75 bits per heavy atom. The minimum Gasteiger partial charge on any atom is -0.342 e. The molecule has 1 rings (SSSR count). The molecule has 0 saturated carbocycles. The van der Waals surface area contributed by atoms with E-state index < -0.39 is 0 Å². The Morgan fingerprint density at radius 2 is 2.50 bits per heavy atom. The molecular weight excluding hydrogens is 104 g/mol. The molecule has 0 atom stereocenters. The number of aryl methyl sites for hydroxylation is 1. The SMILES string of the molecule is Cn1ccc(=O)nc1. The molecule has 0 fully saturated rings. The Labute approximate surface area is 46.6 Å². The first kappa shape index (κ1) is 5.03. The Bertz CT molecular complexity index is 208. The summed E-state index contributed by atoms with van der Waals surface area (Å²) in [7, 11) is 1.81. The van der Waals surface area contributed by atoms with E-state index in [1.807, 2.05) is 7.05 Å². The zero-order chi connectivity index (χ0) is 5.98. The summed E-state index contributed by atoms with van der Waals surface area (Å²) in [5, 5.41) is 0. The fourth-order valence-electron chi connectivity index (χ4n) is 0.411. The van der Waals surface area contributed by atoms with E-state index in [-0.39, 0.29) is 5.56 Å². The van der Waals surface area contributed by atoms with Gasteiger partial charge in [-0.25, -0.2) is 0 Å². The normalized spacial score (nSPS) is 9.12. The summed E-state index contributed by atoms with van der Waals surface area (Å²) < 4.78 is 1.71. The molecule has 3 nitrogen and oxygen atoms in total. The quantitative estimate of drug-likeness (QED) is 0.462. The maximum Gasteiger partial charge on any atom is 0.272 e. The van der Waals surface area contributed by atoms with Gasteiger partial charge in [-0.05, 0) is 0 Å². The molecule has 0 saturated heterocycles. The van der Waals surface area contributed by atoms with Crippen molar-refractivity contribution in [3.63, 3.8) is 0 Å². The molecule has 0 amide bonds. The van der Waals surface area contributed by atoms with Gasteiger partial charge in [-0.15, -0.1) is 0 Å². The van der Waals surface area contributed by atoms with E-state index in [9.17, 15) is 4.79 Å². The van der Waals surface area contributed by atoms with Crippen molar-refractivity contribution in [3.05, 3.63) is 28.9 Å². The molecule has 1 aromatic heterocycles. The number of nitrogens with zero attached hydrogens (tertiary/aromatic N) is 2. The van der Waals surface area contributed by atoms with Crippen molar-refractivity contribution >= 4 is 0 Å². The molecule has 0 spiro atoms. The summed E-state index contributed by atoms with van der Waals surface area (Å²) in [4.78, 5) is 13.8. The molecule has 0 aliphatic heterocycles. The predicted octanol–water partition coefficient (Wildman–Crippen LogP) is -0.220. The maximum atomic E-state index is 10.3. The van der Waals surface area contributed by atoms with Gasteiger partial charge in [0.15, 0.2) is 0 Å².